The van der Waals surface area contributed by atoms with E-state index in [1.165, 1.54) is 7.11 Å². The van der Waals surface area contributed by atoms with Crippen LogP contribution in [0.25, 0.3) is 0 Å². The van der Waals surface area contributed by atoms with Crippen LogP contribution < -0.4 is 4.74 Å². The van der Waals surface area contributed by atoms with E-state index in [1.807, 2.05) is 32.0 Å². The summed E-state index contributed by atoms with van der Waals surface area (Å²) in [5.41, 5.74) is 2.02. The van der Waals surface area contributed by atoms with Crippen LogP contribution in [0.15, 0.2) is 18.2 Å². The fourth-order valence-electron chi connectivity index (χ4n) is 1.35. The van der Waals surface area contributed by atoms with E-state index in [9.17, 15) is 4.79 Å². The molecule has 0 atom stereocenters. The quantitative estimate of drug-likeness (QED) is 0.711. The van der Waals surface area contributed by atoms with Gasteiger partial charge in [0.05, 0.1) is 20.1 Å². The summed E-state index contributed by atoms with van der Waals surface area (Å²) in [6.45, 7) is 4.55. The van der Waals surface area contributed by atoms with Crippen LogP contribution >= 0.6 is 0 Å². The zero-order chi connectivity index (χ0) is 11.3. The van der Waals surface area contributed by atoms with Gasteiger partial charge in [-0.2, -0.15) is 0 Å². The highest BCUT2D eigenvalue weighted by Gasteiger charge is 2.06. The third-order valence-electron chi connectivity index (χ3n) is 2.19. The third kappa shape index (κ3) is 3.27. The second-order valence-corrected chi connectivity index (χ2v) is 3.27. The summed E-state index contributed by atoms with van der Waals surface area (Å²) < 4.78 is 9.97. The molecule has 0 aromatic heterocycles. The molecule has 15 heavy (non-hydrogen) atoms. The molecule has 0 heterocycles. The Hall–Kier alpha value is -1.51. The van der Waals surface area contributed by atoms with E-state index in [2.05, 4.69) is 4.74 Å². The molecule has 1 aromatic rings. The van der Waals surface area contributed by atoms with Gasteiger partial charge in [0.25, 0.3) is 0 Å². The molecule has 0 radical (unpaired) electrons. The van der Waals surface area contributed by atoms with Gasteiger partial charge in [0.1, 0.15) is 5.75 Å². The van der Waals surface area contributed by atoms with Gasteiger partial charge < -0.3 is 9.47 Å². The highest BCUT2D eigenvalue weighted by molar-refractivity contribution is 5.72. The van der Waals surface area contributed by atoms with Crippen LogP contribution in [0.5, 0.6) is 5.75 Å². The zero-order valence-electron chi connectivity index (χ0n) is 9.37. The molecule has 0 aliphatic carbocycles. The molecule has 0 aliphatic heterocycles. The molecule has 3 nitrogen and oxygen atoms in total. The maximum absolute atomic E-state index is 11.1. The monoisotopic (exact) mass is 208 g/mol. The van der Waals surface area contributed by atoms with E-state index >= 15 is 0 Å². The molecule has 0 spiro atoms. The van der Waals surface area contributed by atoms with Gasteiger partial charge >= 0.3 is 5.97 Å². The molecular weight excluding hydrogens is 192 g/mol. The Morgan fingerprint density at radius 3 is 2.67 bits per heavy atom. The SMILES string of the molecule is CCOc1ccc(CC(=O)OC)c(C)c1. The lowest BCUT2D eigenvalue weighted by Gasteiger charge is -2.08. The highest BCUT2D eigenvalue weighted by atomic mass is 16.5. The lowest BCUT2D eigenvalue weighted by Crippen LogP contribution is -2.06. The van der Waals surface area contributed by atoms with Crippen LogP contribution in [0.1, 0.15) is 18.1 Å². The van der Waals surface area contributed by atoms with Gasteiger partial charge in [-0.05, 0) is 37.1 Å². The van der Waals surface area contributed by atoms with Gasteiger partial charge in [0.2, 0.25) is 0 Å². The number of hydrogen-bond donors (Lipinski definition) is 0. The van der Waals surface area contributed by atoms with Crippen molar-refractivity contribution in [3.05, 3.63) is 29.3 Å². The number of hydrogen-bond acceptors (Lipinski definition) is 3. The molecule has 0 N–H and O–H groups in total. The lowest BCUT2D eigenvalue weighted by atomic mass is 10.1. The second-order valence-electron chi connectivity index (χ2n) is 3.27. The predicted octanol–water partition coefficient (Wildman–Crippen LogP) is 2.11. The molecule has 1 rings (SSSR count). The summed E-state index contributed by atoms with van der Waals surface area (Å²) in [5.74, 6) is 0.617. The molecule has 82 valence electrons. The Bertz CT molecular complexity index is 345. The van der Waals surface area contributed by atoms with Crippen molar-refractivity contribution in [1.29, 1.82) is 0 Å². The van der Waals surface area contributed by atoms with Crippen molar-refractivity contribution in [3.8, 4) is 5.75 Å². The number of rotatable bonds is 4. The van der Waals surface area contributed by atoms with Crippen molar-refractivity contribution in [3.63, 3.8) is 0 Å². The number of carbonyl (C=O) groups is 1. The molecule has 0 bridgehead atoms. The smallest absolute Gasteiger partial charge is 0.309 e. The number of carbonyl (C=O) groups excluding carboxylic acids is 1. The summed E-state index contributed by atoms with van der Waals surface area (Å²) in [5, 5.41) is 0. The minimum absolute atomic E-state index is 0.220. The van der Waals surface area contributed by atoms with Crippen molar-refractivity contribution in [2.75, 3.05) is 13.7 Å². The number of methoxy groups -OCH3 is 1. The van der Waals surface area contributed by atoms with Crippen molar-refractivity contribution in [1.82, 2.24) is 0 Å². The lowest BCUT2D eigenvalue weighted by molar-refractivity contribution is -0.139. The van der Waals surface area contributed by atoms with E-state index in [0.717, 1.165) is 16.9 Å². The average molecular weight is 208 g/mol. The van der Waals surface area contributed by atoms with E-state index in [1.54, 1.807) is 0 Å². The normalized spacial score (nSPS) is 9.80. The summed E-state index contributed by atoms with van der Waals surface area (Å²) in [6, 6.07) is 5.70. The average Bonchev–Trinajstić information content (AvgIpc) is 2.22. The maximum atomic E-state index is 11.1. The molecule has 1 aromatic carbocycles. The van der Waals surface area contributed by atoms with Crippen molar-refractivity contribution >= 4 is 5.97 Å². The Kier molecular flexibility index (Phi) is 4.16. The molecule has 0 aliphatic rings. The highest BCUT2D eigenvalue weighted by Crippen LogP contribution is 2.17. The summed E-state index contributed by atoms with van der Waals surface area (Å²) in [7, 11) is 1.40. The number of ether oxygens (including phenoxy) is 2. The van der Waals surface area contributed by atoms with Crippen molar-refractivity contribution < 1.29 is 14.3 Å². The number of esters is 1. The Morgan fingerprint density at radius 2 is 2.13 bits per heavy atom. The molecule has 0 saturated carbocycles. The van der Waals surface area contributed by atoms with Crippen LogP contribution in [0.2, 0.25) is 0 Å². The van der Waals surface area contributed by atoms with Crippen LogP contribution in [0.3, 0.4) is 0 Å². The molecule has 3 heteroatoms. The number of benzene rings is 1. The Labute approximate surface area is 90.0 Å². The van der Waals surface area contributed by atoms with Crippen molar-refractivity contribution in [2.45, 2.75) is 20.3 Å². The Morgan fingerprint density at radius 1 is 1.40 bits per heavy atom. The molecule has 0 saturated heterocycles. The van der Waals surface area contributed by atoms with E-state index < -0.39 is 0 Å². The standard InChI is InChI=1S/C12H16O3/c1-4-15-11-6-5-10(9(2)7-11)8-12(13)14-3/h5-7H,4,8H2,1-3H3. The van der Waals surface area contributed by atoms with Gasteiger partial charge in [-0.1, -0.05) is 6.07 Å². The summed E-state index contributed by atoms with van der Waals surface area (Å²) in [4.78, 5) is 11.1. The van der Waals surface area contributed by atoms with Crippen LogP contribution in [0.4, 0.5) is 0 Å². The van der Waals surface area contributed by atoms with E-state index in [4.69, 9.17) is 4.74 Å². The molecule has 0 fully saturated rings. The molecular formula is C12H16O3. The minimum Gasteiger partial charge on any atom is -0.494 e. The van der Waals surface area contributed by atoms with Gasteiger partial charge in [0, 0.05) is 0 Å². The topological polar surface area (TPSA) is 35.5 Å². The molecule has 0 amide bonds. The van der Waals surface area contributed by atoms with Gasteiger partial charge in [0.15, 0.2) is 0 Å². The first-order valence-electron chi connectivity index (χ1n) is 4.96. The Balaban J connectivity index is 2.78. The molecule has 0 unspecified atom stereocenters. The second kappa shape index (κ2) is 5.39. The van der Waals surface area contributed by atoms with Crippen LogP contribution in [0, 0.1) is 6.92 Å². The van der Waals surface area contributed by atoms with Crippen molar-refractivity contribution in [2.24, 2.45) is 0 Å². The predicted molar refractivity (Wildman–Crippen MR) is 58.1 cm³/mol. The summed E-state index contributed by atoms with van der Waals surface area (Å²) in [6.07, 6.45) is 0.314. The van der Waals surface area contributed by atoms with Crippen LogP contribution in [-0.4, -0.2) is 19.7 Å². The van der Waals surface area contributed by atoms with Crippen LogP contribution in [-0.2, 0) is 16.0 Å². The zero-order valence-corrected chi connectivity index (χ0v) is 9.37. The fourth-order valence-corrected chi connectivity index (χ4v) is 1.35. The first-order chi connectivity index (χ1) is 7.17. The number of aryl methyl sites for hydroxylation is 1. The van der Waals surface area contributed by atoms with E-state index in [-0.39, 0.29) is 5.97 Å². The minimum atomic E-state index is -0.220. The summed E-state index contributed by atoms with van der Waals surface area (Å²) >= 11 is 0. The largest absolute Gasteiger partial charge is 0.494 e. The first kappa shape index (κ1) is 11.6. The first-order valence-corrected chi connectivity index (χ1v) is 4.96. The van der Waals surface area contributed by atoms with Gasteiger partial charge in [-0.25, -0.2) is 0 Å². The van der Waals surface area contributed by atoms with Gasteiger partial charge in [-0.15, -0.1) is 0 Å². The van der Waals surface area contributed by atoms with Gasteiger partial charge in [-0.3, -0.25) is 4.79 Å². The fraction of sp³-hybridized carbons (Fsp3) is 0.417. The van der Waals surface area contributed by atoms with E-state index in [0.29, 0.717) is 13.0 Å². The maximum Gasteiger partial charge on any atom is 0.309 e. The third-order valence-corrected chi connectivity index (χ3v) is 2.19.